The van der Waals surface area contributed by atoms with Gasteiger partial charge in [-0.2, -0.15) is 0 Å². The van der Waals surface area contributed by atoms with Crippen molar-refractivity contribution >= 4 is 18.0 Å². The third kappa shape index (κ3) is 5.66. The van der Waals surface area contributed by atoms with Crippen molar-refractivity contribution in [1.82, 2.24) is 10.6 Å². The molecule has 0 radical (unpaired) electrons. The number of ether oxygens (including phenoxy) is 1. The Morgan fingerprint density at radius 3 is 2.03 bits per heavy atom. The second-order valence-corrected chi connectivity index (χ2v) is 8.66. The van der Waals surface area contributed by atoms with E-state index in [4.69, 9.17) is 9.84 Å². The molecular weight excluding hydrogens is 408 g/mol. The Labute approximate surface area is 188 Å². The molecule has 0 saturated carbocycles. The fraction of sp³-hybridized carbons (Fsp3) is 0.400. The van der Waals surface area contributed by atoms with Crippen LogP contribution in [-0.4, -0.2) is 41.8 Å². The Balaban J connectivity index is 1.64. The predicted molar refractivity (Wildman–Crippen MR) is 121 cm³/mol. The average Bonchev–Trinajstić information content (AvgIpc) is 3.04. The Hall–Kier alpha value is -3.35. The Morgan fingerprint density at radius 1 is 0.938 bits per heavy atom. The van der Waals surface area contributed by atoms with Crippen molar-refractivity contribution in [1.29, 1.82) is 0 Å². The van der Waals surface area contributed by atoms with Crippen molar-refractivity contribution in [3.05, 3.63) is 59.7 Å². The molecule has 0 spiro atoms. The number of carbonyl (C=O) groups excluding carboxylic acids is 2. The minimum atomic E-state index is -0.997. The molecule has 0 aromatic heterocycles. The number of hydrogen-bond donors (Lipinski definition) is 3. The van der Waals surface area contributed by atoms with Crippen LogP contribution in [-0.2, 0) is 14.3 Å². The van der Waals surface area contributed by atoms with Gasteiger partial charge in [0.15, 0.2) is 0 Å². The van der Waals surface area contributed by atoms with E-state index in [-0.39, 0.29) is 24.9 Å². The van der Waals surface area contributed by atoms with E-state index in [0.717, 1.165) is 22.3 Å². The lowest BCUT2D eigenvalue weighted by Crippen LogP contribution is -2.50. The van der Waals surface area contributed by atoms with Crippen molar-refractivity contribution in [3.63, 3.8) is 0 Å². The van der Waals surface area contributed by atoms with E-state index in [1.807, 2.05) is 50.2 Å². The van der Waals surface area contributed by atoms with E-state index in [0.29, 0.717) is 6.42 Å². The standard InChI is InChI=1S/C25H30N2O5/c1-15(2)12-22(24(30)26-16(3)13-23(28)29)27-25(31)32-14-21-19-10-6-4-8-17(19)18-9-5-7-11-20(18)21/h4-11,15-16,21-22H,12-14H2,1-3H3,(H,26,30)(H,27,31)(H,28,29)/t16-,22+/m0/s1. The molecule has 0 heterocycles. The number of alkyl carbamates (subject to hydrolysis) is 1. The summed E-state index contributed by atoms with van der Waals surface area (Å²) in [5.74, 6) is -1.33. The maximum absolute atomic E-state index is 12.6. The summed E-state index contributed by atoms with van der Waals surface area (Å²) in [6, 6.07) is 14.8. The van der Waals surface area contributed by atoms with Crippen LogP contribution in [0, 0.1) is 5.92 Å². The molecule has 7 nitrogen and oxygen atoms in total. The molecule has 3 N–H and O–H groups in total. The van der Waals surface area contributed by atoms with E-state index in [2.05, 4.69) is 22.8 Å². The number of nitrogens with one attached hydrogen (secondary N) is 2. The van der Waals surface area contributed by atoms with Crippen LogP contribution in [0.15, 0.2) is 48.5 Å². The number of fused-ring (bicyclic) bond motifs is 3. The van der Waals surface area contributed by atoms with Crippen molar-refractivity contribution in [2.24, 2.45) is 5.92 Å². The number of aliphatic carboxylic acids is 1. The average molecular weight is 439 g/mol. The molecule has 2 aromatic rings. The van der Waals surface area contributed by atoms with Gasteiger partial charge >= 0.3 is 12.1 Å². The van der Waals surface area contributed by atoms with Gasteiger partial charge in [0.25, 0.3) is 0 Å². The first-order valence-electron chi connectivity index (χ1n) is 10.9. The lowest BCUT2D eigenvalue weighted by Gasteiger charge is -2.22. The normalized spacial score (nSPS) is 14.2. The molecule has 0 fully saturated rings. The lowest BCUT2D eigenvalue weighted by molar-refractivity contribution is -0.137. The summed E-state index contributed by atoms with van der Waals surface area (Å²) in [5.41, 5.74) is 4.50. The molecule has 2 atom stereocenters. The zero-order valence-electron chi connectivity index (χ0n) is 18.6. The van der Waals surface area contributed by atoms with Crippen LogP contribution in [0.4, 0.5) is 4.79 Å². The second kappa shape index (κ2) is 10.3. The predicted octanol–water partition coefficient (Wildman–Crippen LogP) is 3.92. The molecular formula is C25H30N2O5. The minimum absolute atomic E-state index is 0.0684. The van der Waals surface area contributed by atoms with Crippen LogP contribution in [0.1, 0.15) is 50.7 Å². The van der Waals surface area contributed by atoms with E-state index in [9.17, 15) is 14.4 Å². The van der Waals surface area contributed by atoms with Gasteiger partial charge in [-0.05, 0) is 41.5 Å². The quantitative estimate of drug-likeness (QED) is 0.550. The van der Waals surface area contributed by atoms with Crippen molar-refractivity contribution < 1.29 is 24.2 Å². The summed E-state index contributed by atoms with van der Waals surface area (Å²) in [5, 5.41) is 14.2. The van der Waals surface area contributed by atoms with Gasteiger partial charge in [0.1, 0.15) is 12.6 Å². The Kier molecular flexibility index (Phi) is 7.51. The highest BCUT2D eigenvalue weighted by molar-refractivity contribution is 5.86. The third-order valence-corrected chi connectivity index (χ3v) is 5.53. The van der Waals surface area contributed by atoms with Gasteiger partial charge in [0.2, 0.25) is 5.91 Å². The molecule has 2 aromatic carbocycles. The molecule has 7 heteroatoms. The van der Waals surface area contributed by atoms with Gasteiger partial charge in [-0.1, -0.05) is 62.4 Å². The Bertz CT molecular complexity index is 942. The lowest BCUT2D eigenvalue weighted by atomic mass is 9.98. The number of carbonyl (C=O) groups is 3. The van der Waals surface area contributed by atoms with Crippen molar-refractivity contribution in [2.75, 3.05) is 6.61 Å². The summed E-state index contributed by atoms with van der Waals surface area (Å²) in [7, 11) is 0. The van der Waals surface area contributed by atoms with Crippen LogP contribution in [0.25, 0.3) is 11.1 Å². The maximum Gasteiger partial charge on any atom is 0.407 e. The van der Waals surface area contributed by atoms with Gasteiger partial charge in [0, 0.05) is 12.0 Å². The number of amides is 2. The summed E-state index contributed by atoms with van der Waals surface area (Å²) in [6.07, 6.45) is -0.445. The van der Waals surface area contributed by atoms with Gasteiger partial charge < -0.3 is 20.5 Å². The van der Waals surface area contributed by atoms with Crippen molar-refractivity contribution in [2.45, 2.75) is 51.6 Å². The smallest absolute Gasteiger partial charge is 0.407 e. The molecule has 0 saturated heterocycles. The number of rotatable bonds is 9. The van der Waals surface area contributed by atoms with Gasteiger partial charge in [-0.25, -0.2) is 4.79 Å². The molecule has 170 valence electrons. The molecule has 3 rings (SSSR count). The molecule has 0 aliphatic heterocycles. The summed E-state index contributed by atoms with van der Waals surface area (Å²) < 4.78 is 5.55. The SMILES string of the molecule is CC(C)C[C@@H](NC(=O)OCC1c2ccccc2-c2ccccc21)C(=O)N[C@@H](C)CC(=O)O. The highest BCUT2D eigenvalue weighted by Gasteiger charge is 2.30. The first-order chi connectivity index (χ1) is 15.3. The molecule has 1 aliphatic carbocycles. The van der Waals surface area contributed by atoms with E-state index in [1.54, 1.807) is 6.92 Å². The van der Waals surface area contributed by atoms with Gasteiger partial charge in [-0.3, -0.25) is 9.59 Å². The minimum Gasteiger partial charge on any atom is -0.481 e. The van der Waals surface area contributed by atoms with E-state index < -0.39 is 30.1 Å². The number of hydrogen-bond acceptors (Lipinski definition) is 4. The maximum atomic E-state index is 12.6. The highest BCUT2D eigenvalue weighted by atomic mass is 16.5. The summed E-state index contributed by atoms with van der Waals surface area (Å²) >= 11 is 0. The van der Waals surface area contributed by atoms with Crippen LogP contribution in [0.3, 0.4) is 0 Å². The topological polar surface area (TPSA) is 105 Å². The zero-order chi connectivity index (χ0) is 23.3. The van der Waals surface area contributed by atoms with Gasteiger partial charge in [0.05, 0.1) is 6.42 Å². The zero-order valence-corrected chi connectivity index (χ0v) is 18.6. The monoisotopic (exact) mass is 438 g/mol. The third-order valence-electron chi connectivity index (χ3n) is 5.53. The van der Waals surface area contributed by atoms with Gasteiger partial charge in [-0.15, -0.1) is 0 Å². The number of benzene rings is 2. The van der Waals surface area contributed by atoms with E-state index in [1.165, 1.54) is 0 Å². The molecule has 1 aliphatic rings. The first kappa shape index (κ1) is 23.3. The highest BCUT2D eigenvalue weighted by Crippen LogP contribution is 2.44. The summed E-state index contributed by atoms with van der Waals surface area (Å²) in [4.78, 5) is 36.1. The van der Waals surface area contributed by atoms with Crippen LogP contribution >= 0.6 is 0 Å². The molecule has 32 heavy (non-hydrogen) atoms. The first-order valence-corrected chi connectivity index (χ1v) is 10.9. The fourth-order valence-electron chi connectivity index (χ4n) is 4.14. The largest absolute Gasteiger partial charge is 0.481 e. The van der Waals surface area contributed by atoms with Crippen LogP contribution in [0.5, 0.6) is 0 Å². The Morgan fingerprint density at radius 2 is 1.50 bits per heavy atom. The molecule has 0 bridgehead atoms. The fourth-order valence-corrected chi connectivity index (χ4v) is 4.14. The molecule has 2 amide bonds. The number of carboxylic acid groups (broad SMARTS) is 1. The van der Waals surface area contributed by atoms with E-state index >= 15 is 0 Å². The number of carboxylic acids is 1. The second-order valence-electron chi connectivity index (χ2n) is 8.66. The summed E-state index contributed by atoms with van der Waals surface area (Å²) in [6.45, 7) is 5.66. The molecule has 0 unspecified atom stereocenters. The van der Waals surface area contributed by atoms with Crippen LogP contribution in [0.2, 0.25) is 0 Å². The van der Waals surface area contributed by atoms with Crippen LogP contribution < -0.4 is 10.6 Å². The van der Waals surface area contributed by atoms with Crippen molar-refractivity contribution in [3.8, 4) is 11.1 Å².